The number of aromatic carboxylic acids is 1. The van der Waals surface area contributed by atoms with Gasteiger partial charge in [0.2, 0.25) is 0 Å². The molecule has 0 aliphatic heterocycles. The number of amides is 1. The van der Waals surface area contributed by atoms with Crippen LogP contribution in [0.25, 0.3) is 0 Å². The molecule has 8 nitrogen and oxygen atoms in total. The van der Waals surface area contributed by atoms with Gasteiger partial charge in [-0.15, -0.1) is 0 Å². The van der Waals surface area contributed by atoms with Crippen LogP contribution in [0.1, 0.15) is 20.7 Å². The number of carbonyl (C=O) groups excluding carboxylic acids is 1. The van der Waals surface area contributed by atoms with Crippen LogP contribution in [0.3, 0.4) is 0 Å². The Kier molecular flexibility index (Phi) is 3.16. The van der Waals surface area contributed by atoms with Crippen molar-refractivity contribution in [1.82, 2.24) is 5.48 Å². The molecule has 1 rings (SSSR count). The fourth-order valence-electron chi connectivity index (χ4n) is 1.08. The summed E-state index contributed by atoms with van der Waals surface area (Å²) in [6, 6.07) is 2.66. The lowest BCUT2D eigenvalue weighted by Crippen LogP contribution is -2.21. The second kappa shape index (κ2) is 4.36. The van der Waals surface area contributed by atoms with Crippen molar-refractivity contribution < 1.29 is 24.8 Å². The van der Waals surface area contributed by atoms with Gasteiger partial charge in [0.25, 0.3) is 11.6 Å². The summed E-state index contributed by atoms with van der Waals surface area (Å²) in [6.07, 6.45) is 0. The first-order valence-electron chi connectivity index (χ1n) is 3.93. The van der Waals surface area contributed by atoms with Crippen molar-refractivity contribution in [2.75, 3.05) is 0 Å². The fraction of sp³-hybridized carbons (Fsp3) is 0. The van der Waals surface area contributed by atoms with E-state index in [1.165, 1.54) is 5.48 Å². The Balaban J connectivity index is 3.36. The summed E-state index contributed by atoms with van der Waals surface area (Å²) in [5, 5.41) is 27.5. The third-order valence-corrected chi connectivity index (χ3v) is 1.79. The van der Waals surface area contributed by atoms with Crippen LogP contribution in [0.2, 0.25) is 0 Å². The topological polar surface area (TPSA) is 130 Å². The Morgan fingerprint density at radius 3 is 2.38 bits per heavy atom. The number of hydroxylamine groups is 1. The highest BCUT2D eigenvalue weighted by molar-refractivity contribution is 6.04. The van der Waals surface area contributed by atoms with Crippen LogP contribution in [-0.2, 0) is 0 Å². The molecule has 0 heterocycles. The minimum absolute atomic E-state index is 0.361. The van der Waals surface area contributed by atoms with Crippen molar-refractivity contribution >= 4 is 17.6 Å². The van der Waals surface area contributed by atoms with Crippen LogP contribution in [0.15, 0.2) is 18.2 Å². The van der Waals surface area contributed by atoms with E-state index in [0.29, 0.717) is 0 Å². The number of carbonyl (C=O) groups is 2. The smallest absolute Gasteiger partial charge is 0.336 e. The maximum atomic E-state index is 11.0. The highest BCUT2D eigenvalue weighted by Crippen LogP contribution is 2.17. The van der Waals surface area contributed by atoms with E-state index in [4.69, 9.17) is 10.3 Å². The second-order valence-electron chi connectivity index (χ2n) is 2.73. The van der Waals surface area contributed by atoms with Gasteiger partial charge in [0.1, 0.15) is 0 Å². The number of nitrogens with one attached hydrogen (secondary N) is 1. The molecule has 84 valence electrons. The molecule has 0 aliphatic carbocycles. The summed E-state index contributed by atoms with van der Waals surface area (Å²) < 4.78 is 0. The average Bonchev–Trinajstić information content (AvgIpc) is 2.26. The molecule has 0 bridgehead atoms. The van der Waals surface area contributed by atoms with Gasteiger partial charge in [-0.25, -0.2) is 10.3 Å². The molecule has 0 radical (unpaired) electrons. The van der Waals surface area contributed by atoms with Crippen LogP contribution in [0, 0.1) is 10.1 Å². The summed E-state index contributed by atoms with van der Waals surface area (Å²) in [6.45, 7) is 0. The van der Waals surface area contributed by atoms with Crippen LogP contribution >= 0.6 is 0 Å². The van der Waals surface area contributed by atoms with Crippen molar-refractivity contribution in [1.29, 1.82) is 0 Å². The summed E-state index contributed by atoms with van der Waals surface area (Å²) >= 11 is 0. The first kappa shape index (κ1) is 11.6. The zero-order valence-corrected chi connectivity index (χ0v) is 7.71. The van der Waals surface area contributed by atoms with Crippen molar-refractivity contribution in [3.63, 3.8) is 0 Å². The lowest BCUT2D eigenvalue weighted by molar-refractivity contribution is -0.384. The quantitative estimate of drug-likeness (QED) is 0.388. The fourth-order valence-corrected chi connectivity index (χ4v) is 1.08. The van der Waals surface area contributed by atoms with Gasteiger partial charge in [-0.3, -0.25) is 20.1 Å². The third-order valence-electron chi connectivity index (χ3n) is 1.79. The van der Waals surface area contributed by atoms with Gasteiger partial charge in [-0.2, -0.15) is 0 Å². The van der Waals surface area contributed by atoms with Crippen molar-refractivity contribution in [3.8, 4) is 0 Å². The van der Waals surface area contributed by atoms with Crippen molar-refractivity contribution in [3.05, 3.63) is 39.4 Å². The molecule has 0 aliphatic rings. The molecule has 0 fully saturated rings. The van der Waals surface area contributed by atoms with E-state index in [1.54, 1.807) is 0 Å². The number of hydrogen-bond acceptors (Lipinski definition) is 5. The van der Waals surface area contributed by atoms with Crippen LogP contribution in [0.4, 0.5) is 5.69 Å². The summed E-state index contributed by atoms with van der Waals surface area (Å²) in [5.41, 5.74) is -0.114. The maximum Gasteiger partial charge on any atom is 0.336 e. The Morgan fingerprint density at radius 1 is 1.31 bits per heavy atom. The molecule has 16 heavy (non-hydrogen) atoms. The van der Waals surface area contributed by atoms with Gasteiger partial charge in [0, 0.05) is 12.1 Å². The molecule has 0 spiro atoms. The number of nitrogens with zero attached hydrogens (tertiary/aromatic N) is 1. The molecule has 1 amide bonds. The van der Waals surface area contributed by atoms with Gasteiger partial charge in [-0.05, 0) is 6.07 Å². The second-order valence-corrected chi connectivity index (χ2v) is 2.73. The van der Waals surface area contributed by atoms with E-state index < -0.39 is 28.1 Å². The molecule has 0 saturated heterocycles. The SMILES string of the molecule is O=C(O)c1cc([N+](=O)[O-])ccc1C(=O)NO. The Hall–Kier alpha value is -2.48. The molecule has 0 unspecified atom stereocenters. The Bertz CT molecular complexity index is 470. The molecule has 0 aromatic heterocycles. The van der Waals surface area contributed by atoms with Crippen LogP contribution < -0.4 is 5.48 Å². The molecule has 8 heteroatoms. The first-order valence-corrected chi connectivity index (χ1v) is 3.93. The minimum atomic E-state index is -1.50. The zero-order chi connectivity index (χ0) is 12.3. The van der Waals surface area contributed by atoms with E-state index in [-0.39, 0.29) is 5.56 Å². The molecule has 1 aromatic carbocycles. The Morgan fingerprint density at radius 2 is 1.94 bits per heavy atom. The first-order chi connectivity index (χ1) is 7.47. The largest absolute Gasteiger partial charge is 0.478 e. The van der Waals surface area contributed by atoms with E-state index in [9.17, 15) is 19.7 Å². The lowest BCUT2D eigenvalue weighted by Gasteiger charge is -2.03. The van der Waals surface area contributed by atoms with Gasteiger partial charge in [0.05, 0.1) is 16.1 Å². The maximum absolute atomic E-state index is 11.0. The molecular formula is C8H6N2O6. The van der Waals surface area contributed by atoms with Crippen LogP contribution in [0.5, 0.6) is 0 Å². The normalized spacial score (nSPS) is 9.56. The van der Waals surface area contributed by atoms with E-state index >= 15 is 0 Å². The van der Waals surface area contributed by atoms with Crippen molar-refractivity contribution in [2.24, 2.45) is 0 Å². The summed E-state index contributed by atoms with van der Waals surface area (Å²) in [7, 11) is 0. The summed E-state index contributed by atoms with van der Waals surface area (Å²) in [5.74, 6) is -2.55. The van der Waals surface area contributed by atoms with E-state index in [2.05, 4.69) is 0 Å². The number of hydrogen-bond donors (Lipinski definition) is 3. The van der Waals surface area contributed by atoms with Gasteiger partial charge in [0.15, 0.2) is 0 Å². The highest BCUT2D eigenvalue weighted by Gasteiger charge is 2.19. The van der Waals surface area contributed by atoms with Crippen LogP contribution in [-0.4, -0.2) is 27.1 Å². The molecule has 0 atom stereocenters. The number of carboxylic acid groups (broad SMARTS) is 1. The van der Waals surface area contributed by atoms with Gasteiger partial charge >= 0.3 is 5.97 Å². The molecule has 0 saturated carbocycles. The van der Waals surface area contributed by atoms with Gasteiger partial charge < -0.3 is 5.11 Å². The average molecular weight is 226 g/mol. The monoisotopic (exact) mass is 226 g/mol. The third kappa shape index (κ3) is 2.12. The van der Waals surface area contributed by atoms with E-state index in [1.807, 2.05) is 0 Å². The standard InChI is InChI=1S/C8H6N2O6/c11-7(9-14)5-2-1-4(10(15)16)3-6(5)8(12)13/h1-3,14H,(H,9,11)(H,12,13). The lowest BCUT2D eigenvalue weighted by atomic mass is 10.1. The number of nitro groups is 1. The zero-order valence-electron chi connectivity index (χ0n) is 7.71. The van der Waals surface area contributed by atoms with E-state index in [0.717, 1.165) is 18.2 Å². The predicted molar refractivity (Wildman–Crippen MR) is 49.3 cm³/mol. The molecule has 3 N–H and O–H groups in total. The predicted octanol–water partition coefficient (Wildman–Crippen LogP) is 0.412. The molecule has 1 aromatic rings. The summed E-state index contributed by atoms with van der Waals surface area (Å²) in [4.78, 5) is 31.4. The number of carboxylic acids is 1. The highest BCUT2D eigenvalue weighted by atomic mass is 16.6. The number of nitro benzene ring substituents is 1. The minimum Gasteiger partial charge on any atom is -0.478 e. The van der Waals surface area contributed by atoms with Crippen molar-refractivity contribution in [2.45, 2.75) is 0 Å². The molecular weight excluding hydrogens is 220 g/mol. The number of non-ortho nitro benzene ring substituents is 1. The Labute approximate surface area is 88.2 Å². The van der Waals surface area contributed by atoms with Gasteiger partial charge in [-0.1, -0.05) is 0 Å². The number of benzene rings is 1. The number of rotatable bonds is 3.